The number of hydrogen-bond donors (Lipinski definition) is 1. The standard InChI is InChI=1S/C21H21F3N8O/c1-30-5-4-14(30)12-33-16-9-27-31(2)20(16)13-3-6-32-15(7-13)8-18(29-32)28-19-11-25-17(10-26-19)21(22,23)24/h3,6-11,14H,4-5,12H2,1-2H3,(H,26,28,29)/t14-/m1/s1. The second-order valence-corrected chi connectivity index (χ2v) is 7.94. The third-order valence-corrected chi connectivity index (χ3v) is 5.71. The van der Waals surface area contributed by atoms with Gasteiger partial charge in [0.15, 0.2) is 17.3 Å². The third kappa shape index (κ3) is 4.21. The summed E-state index contributed by atoms with van der Waals surface area (Å²) in [7, 11) is 3.94. The molecule has 5 heterocycles. The molecule has 0 saturated carbocycles. The number of fused-ring (bicyclic) bond motifs is 1. The van der Waals surface area contributed by atoms with Gasteiger partial charge in [-0.15, -0.1) is 0 Å². The quantitative estimate of drug-likeness (QED) is 0.474. The average molecular weight is 458 g/mol. The minimum Gasteiger partial charge on any atom is -0.488 e. The first-order chi connectivity index (χ1) is 15.8. The second-order valence-electron chi connectivity index (χ2n) is 7.94. The molecule has 33 heavy (non-hydrogen) atoms. The summed E-state index contributed by atoms with van der Waals surface area (Å²) in [5.41, 5.74) is 1.48. The van der Waals surface area contributed by atoms with Gasteiger partial charge in [-0.25, -0.2) is 14.5 Å². The van der Waals surface area contributed by atoms with Crippen molar-refractivity contribution in [3.63, 3.8) is 0 Å². The Morgan fingerprint density at radius 1 is 1.12 bits per heavy atom. The Morgan fingerprint density at radius 2 is 1.97 bits per heavy atom. The van der Waals surface area contributed by atoms with Crippen molar-refractivity contribution in [3.8, 4) is 17.0 Å². The van der Waals surface area contributed by atoms with Gasteiger partial charge in [0.1, 0.15) is 18.1 Å². The molecule has 0 radical (unpaired) electrons. The van der Waals surface area contributed by atoms with E-state index in [1.54, 1.807) is 27.7 Å². The number of aromatic nitrogens is 6. The monoisotopic (exact) mass is 458 g/mol. The predicted octanol–water partition coefficient (Wildman–Crippen LogP) is 3.37. The van der Waals surface area contributed by atoms with Crippen LogP contribution in [0.2, 0.25) is 0 Å². The van der Waals surface area contributed by atoms with Crippen LogP contribution in [0, 0.1) is 0 Å². The average Bonchev–Trinajstić information content (AvgIpc) is 3.34. The molecule has 1 fully saturated rings. The second kappa shape index (κ2) is 8.03. The fourth-order valence-corrected chi connectivity index (χ4v) is 3.69. The molecule has 172 valence electrons. The van der Waals surface area contributed by atoms with Crippen molar-refractivity contribution in [2.24, 2.45) is 7.05 Å². The zero-order valence-corrected chi connectivity index (χ0v) is 17.9. The smallest absolute Gasteiger partial charge is 0.434 e. The number of alkyl halides is 3. The number of likely N-dealkylation sites (tertiary alicyclic amines) is 1. The summed E-state index contributed by atoms with van der Waals surface area (Å²) < 4.78 is 47.5. The lowest BCUT2D eigenvalue weighted by atomic mass is 10.1. The first kappa shape index (κ1) is 21.2. The van der Waals surface area contributed by atoms with Crippen LogP contribution in [0.5, 0.6) is 5.75 Å². The number of nitrogens with one attached hydrogen (secondary N) is 1. The van der Waals surface area contributed by atoms with E-state index in [2.05, 4.69) is 37.4 Å². The van der Waals surface area contributed by atoms with Crippen LogP contribution in [0.3, 0.4) is 0 Å². The number of hydrogen-bond acceptors (Lipinski definition) is 7. The highest BCUT2D eigenvalue weighted by Crippen LogP contribution is 2.32. The molecule has 4 aromatic heterocycles. The molecular weight excluding hydrogens is 437 g/mol. The van der Waals surface area contributed by atoms with E-state index in [4.69, 9.17) is 4.74 Å². The normalized spacial score (nSPS) is 16.7. The molecule has 1 saturated heterocycles. The zero-order valence-electron chi connectivity index (χ0n) is 17.9. The molecule has 0 bridgehead atoms. The highest BCUT2D eigenvalue weighted by molar-refractivity contribution is 5.72. The molecule has 0 unspecified atom stereocenters. The molecule has 0 aromatic carbocycles. The predicted molar refractivity (Wildman–Crippen MR) is 114 cm³/mol. The molecule has 1 aliphatic heterocycles. The Hall–Kier alpha value is -3.67. The Kier molecular flexibility index (Phi) is 5.16. The molecule has 0 spiro atoms. The van der Waals surface area contributed by atoms with Crippen LogP contribution in [0.25, 0.3) is 16.8 Å². The molecule has 1 N–H and O–H groups in total. The summed E-state index contributed by atoms with van der Waals surface area (Å²) in [6.45, 7) is 1.69. The molecule has 0 amide bonds. The van der Waals surface area contributed by atoms with Crippen molar-refractivity contribution in [2.45, 2.75) is 18.6 Å². The van der Waals surface area contributed by atoms with E-state index in [1.807, 2.05) is 19.2 Å². The van der Waals surface area contributed by atoms with Gasteiger partial charge in [0.2, 0.25) is 0 Å². The van der Waals surface area contributed by atoms with Crippen LogP contribution in [0.1, 0.15) is 12.1 Å². The van der Waals surface area contributed by atoms with Gasteiger partial charge in [-0.3, -0.25) is 9.58 Å². The van der Waals surface area contributed by atoms with Gasteiger partial charge in [0, 0.05) is 30.9 Å². The lowest BCUT2D eigenvalue weighted by molar-refractivity contribution is -0.141. The SMILES string of the molecule is CN1CC[C@@H]1COc1cnn(C)c1-c1ccn2nc(Nc3cnc(C(F)(F)F)cn3)cc2c1. The number of anilines is 2. The molecule has 1 aliphatic rings. The summed E-state index contributed by atoms with van der Waals surface area (Å²) in [5, 5.41) is 11.6. The Balaban J connectivity index is 1.36. The minimum absolute atomic E-state index is 0.162. The van der Waals surface area contributed by atoms with Crippen molar-refractivity contribution >= 4 is 17.2 Å². The van der Waals surface area contributed by atoms with Crippen LogP contribution >= 0.6 is 0 Å². The third-order valence-electron chi connectivity index (χ3n) is 5.71. The van der Waals surface area contributed by atoms with E-state index in [-0.39, 0.29) is 5.82 Å². The number of rotatable bonds is 6. The fourth-order valence-electron chi connectivity index (χ4n) is 3.69. The molecule has 9 nitrogen and oxygen atoms in total. The summed E-state index contributed by atoms with van der Waals surface area (Å²) >= 11 is 0. The van der Waals surface area contributed by atoms with Gasteiger partial charge < -0.3 is 10.1 Å². The van der Waals surface area contributed by atoms with E-state index in [0.717, 1.165) is 35.9 Å². The van der Waals surface area contributed by atoms with Crippen molar-refractivity contribution in [3.05, 3.63) is 48.7 Å². The summed E-state index contributed by atoms with van der Waals surface area (Å²) in [5.74, 6) is 1.30. The van der Waals surface area contributed by atoms with Gasteiger partial charge in [0.25, 0.3) is 0 Å². The summed E-state index contributed by atoms with van der Waals surface area (Å²) in [6, 6.07) is 6.03. The number of aryl methyl sites for hydroxylation is 1. The number of nitrogens with zero attached hydrogens (tertiary/aromatic N) is 7. The maximum Gasteiger partial charge on any atom is 0.434 e. The fraction of sp³-hybridized carbons (Fsp3) is 0.333. The largest absolute Gasteiger partial charge is 0.488 e. The van der Waals surface area contributed by atoms with Crippen molar-refractivity contribution in [1.29, 1.82) is 0 Å². The van der Waals surface area contributed by atoms with Crippen molar-refractivity contribution < 1.29 is 17.9 Å². The van der Waals surface area contributed by atoms with Gasteiger partial charge in [-0.2, -0.15) is 23.4 Å². The molecule has 5 rings (SSSR count). The van der Waals surface area contributed by atoms with E-state index < -0.39 is 11.9 Å². The van der Waals surface area contributed by atoms with Crippen molar-refractivity contribution in [1.82, 2.24) is 34.3 Å². The first-order valence-electron chi connectivity index (χ1n) is 10.3. The van der Waals surface area contributed by atoms with Crippen LogP contribution in [-0.4, -0.2) is 60.5 Å². The highest BCUT2D eigenvalue weighted by Gasteiger charge is 2.32. The zero-order chi connectivity index (χ0) is 23.2. The number of ether oxygens (including phenoxy) is 1. The molecule has 4 aromatic rings. The van der Waals surface area contributed by atoms with Gasteiger partial charge in [-0.1, -0.05) is 0 Å². The first-order valence-corrected chi connectivity index (χ1v) is 10.3. The lowest BCUT2D eigenvalue weighted by Gasteiger charge is -2.37. The van der Waals surface area contributed by atoms with E-state index >= 15 is 0 Å². The van der Waals surface area contributed by atoms with Gasteiger partial charge >= 0.3 is 6.18 Å². The molecule has 1 atom stereocenters. The van der Waals surface area contributed by atoms with Crippen LogP contribution in [-0.2, 0) is 13.2 Å². The molecule has 12 heteroatoms. The Morgan fingerprint density at radius 3 is 2.64 bits per heavy atom. The number of pyridine rings is 1. The Bertz CT molecular complexity index is 1280. The van der Waals surface area contributed by atoms with E-state index in [1.165, 1.54) is 0 Å². The Labute approximate surface area is 186 Å². The lowest BCUT2D eigenvalue weighted by Crippen LogP contribution is -2.48. The van der Waals surface area contributed by atoms with E-state index in [0.29, 0.717) is 30.4 Å². The van der Waals surface area contributed by atoms with Gasteiger partial charge in [-0.05, 0) is 32.1 Å². The topological polar surface area (TPSA) is 85.4 Å². The van der Waals surface area contributed by atoms with Crippen molar-refractivity contribution in [2.75, 3.05) is 25.5 Å². The molecular formula is C21H21F3N8O. The highest BCUT2D eigenvalue weighted by atomic mass is 19.4. The molecule has 0 aliphatic carbocycles. The van der Waals surface area contributed by atoms with Gasteiger partial charge in [0.05, 0.1) is 24.1 Å². The van der Waals surface area contributed by atoms with Crippen LogP contribution in [0.4, 0.5) is 24.8 Å². The minimum atomic E-state index is -4.53. The maximum absolute atomic E-state index is 12.7. The van der Waals surface area contributed by atoms with E-state index in [9.17, 15) is 13.2 Å². The number of likely N-dealkylation sites (N-methyl/N-ethyl adjacent to an activating group) is 1. The summed E-state index contributed by atoms with van der Waals surface area (Å²) in [4.78, 5) is 9.42. The number of halogens is 3. The van der Waals surface area contributed by atoms with Crippen LogP contribution < -0.4 is 10.1 Å². The van der Waals surface area contributed by atoms with Crippen LogP contribution in [0.15, 0.2) is 43.0 Å². The summed E-state index contributed by atoms with van der Waals surface area (Å²) in [6.07, 6.45) is 1.80. The maximum atomic E-state index is 12.7.